The number of nitrogens with one attached hydrogen (secondary N) is 1. The number of nitrogens with zero attached hydrogens (tertiary/aromatic N) is 1. The molecule has 0 heterocycles. The average Bonchev–Trinajstić information content (AvgIpc) is 2.46. The smallest absolute Gasteiger partial charge is 0.131 e. The molecule has 1 atom stereocenters. The first-order chi connectivity index (χ1) is 10.0. The van der Waals surface area contributed by atoms with E-state index in [4.69, 9.17) is 16.9 Å². The van der Waals surface area contributed by atoms with Gasteiger partial charge >= 0.3 is 0 Å². The molecule has 0 aliphatic rings. The monoisotopic (exact) mass is 306 g/mol. The molecule has 0 saturated heterocycles. The van der Waals surface area contributed by atoms with Gasteiger partial charge in [-0.1, -0.05) is 23.7 Å². The van der Waals surface area contributed by atoms with Crippen LogP contribution in [0, 0.1) is 23.0 Å². The molecular weight excluding hydrogens is 294 g/mol. The van der Waals surface area contributed by atoms with E-state index in [2.05, 4.69) is 5.32 Å². The molecule has 21 heavy (non-hydrogen) atoms. The molecule has 0 aliphatic heterocycles. The normalized spacial score (nSPS) is 12.0. The molecule has 1 unspecified atom stereocenters. The predicted molar refractivity (Wildman–Crippen MR) is 77.8 cm³/mol. The van der Waals surface area contributed by atoms with Gasteiger partial charge < -0.3 is 5.32 Å². The van der Waals surface area contributed by atoms with Crippen LogP contribution >= 0.6 is 11.6 Å². The van der Waals surface area contributed by atoms with Gasteiger partial charge in [-0.2, -0.15) is 5.26 Å². The van der Waals surface area contributed by atoms with E-state index in [-0.39, 0.29) is 23.7 Å². The summed E-state index contributed by atoms with van der Waals surface area (Å²) < 4.78 is 27.5. The van der Waals surface area contributed by atoms with Crippen molar-refractivity contribution in [1.29, 1.82) is 5.26 Å². The van der Waals surface area contributed by atoms with Crippen LogP contribution in [0.3, 0.4) is 0 Å². The van der Waals surface area contributed by atoms with Gasteiger partial charge in [0.2, 0.25) is 0 Å². The van der Waals surface area contributed by atoms with Crippen molar-refractivity contribution in [3.8, 4) is 6.07 Å². The Hall–Kier alpha value is -1.96. The third-order valence-corrected chi connectivity index (χ3v) is 3.48. The van der Waals surface area contributed by atoms with Gasteiger partial charge in [-0.25, -0.2) is 8.78 Å². The van der Waals surface area contributed by atoms with E-state index in [1.54, 1.807) is 18.2 Å². The summed E-state index contributed by atoms with van der Waals surface area (Å²) in [6.07, 6.45) is 0. The van der Waals surface area contributed by atoms with Crippen LogP contribution in [0.4, 0.5) is 8.78 Å². The highest BCUT2D eigenvalue weighted by Gasteiger charge is 2.13. The molecule has 0 fully saturated rings. The fourth-order valence-corrected chi connectivity index (χ4v) is 2.09. The molecular formula is C16H13ClF2N2. The van der Waals surface area contributed by atoms with Gasteiger partial charge in [-0.05, 0) is 36.8 Å². The Morgan fingerprint density at radius 2 is 1.76 bits per heavy atom. The van der Waals surface area contributed by atoms with E-state index in [0.29, 0.717) is 5.02 Å². The molecule has 108 valence electrons. The van der Waals surface area contributed by atoms with Crippen molar-refractivity contribution in [1.82, 2.24) is 5.32 Å². The van der Waals surface area contributed by atoms with Crippen LogP contribution < -0.4 is 5.32 Å². The standard InChI is InChI=1S/C16H13ClF2N2/c1-10(12-2-4-13(17)5-3-12)21-9-14-15(18)6-11(8-20)7-16(14)19/h2-7,10,21H,9H2,1H3. The molecule has 0 spiro atoms. The summed E-state index contributed by atoms with van der Waals surface area (Å²) in [6.45, 7) is 1.93. The van der Waals surface area contributed by atoms with Gasteiger partial charge in [0, 0.05) is 23.2 Å². The second-order valence-electron chi connectivity index (χ2n) is 4.68. The van der Waals surface area contributed by atoms with Crippen molar-refractivity contribution in [2.75, 3.05) is 0 Å². The molecule has 2 aromatic rings. The van der Waals surface area contributed by atoms with E-state index >= 15 is 0 Å². The first-order valence-electron chi connectivity index (χ1n) is 6.38. The summed E-state index contributed by atoms with van der Waals surface area (Å²) >= 11 is 5.81. The summed E-state index contributed by atoms with van der Waals surface area (Å²) in [5, 5.41) is 12.3. The Morgan fingerprint density at radius 3 is 2.29 bits per heavy atom. The maximum absolute atomic E-state index is 13.8. The molecule has 0 aromatic heterocycles. The lowest BCUT2D eigenvalue weighted by Gasteiger charge is -2.15. The number of hydrogen-bond acceptors (Lipinski definition) is 2. The first kappa shape index (κ1) is 15.4. The third kappa shape index (κ3) is 3.78. The quantitative estimate of drug-likeness (QED) is 0.912. The molecule has 2 aromatic carbocycles. The molecule has 0 radical (unpaired) electrons. The van der Waals surface area contributed by atoms with Crippen LogP contribution in [-0.4, -0.2) is 0 Å². The summed E-state index contributed by atoms with van der Waals surface area (Å²) in [7, 11) is 0. The van der Waals surface area contributed by atoms with Crippen molar-refractivity contribution >= 4 is 11.6 Å². The number of rotatable bonds is 4. The van der Waals surface area contributed by atoms with Gasteiger partial charge in [0.15, 0.2) is 0 Å². The van der Waals surface area contributed by atoms with E-state index in [9.17, 15) is 8.78 Å². The van der Waals surface area contributed by atoms with Crippen LogP contribution in [0.5, 0.6) is 0 Å². The maximum atomic E-state index is 13.8. The molecule has 0 amide bonds. The molecule has 0 bridgehead atoms. The van der Waals surface area contributed by atoms with Crippen LogP contribution in [0.15, 0.2) is 36.4 Å². The van der Waals surface area contributed by atoms with Gasteiger partial charge in [0.25, 0.3) is 0 Å². The van der Waals surface area contributed by atoms with Crippen molar-refractivity contribution in [2.45, 2.75) is 19.5 Å². The Kier molecular flexibility index (Phi) is 4.89. The van der Waals surface area contributed by atoms with Crippen molar-refractivity contribution in [2.24, 2.45) is 0 Å². The Labute approximate surface area is 127 Å². The minimum atomic E-state index is -0.720. The minimum Gasteiger partial charge on any atom is -0.306 e. The maximum Gasteiger partial charge on any atom is 0.131 e. The van der Waals surface area contributed by atoms with Gasteiger partial charge in [0.05, 0.1) is 11.6 Å². The fraction of sp³-hybridized carbons (Fsp3) is 0.188. The highest BCUT2D eigenvalue weighted by atomic mass is 35.5. The first-order valence-corrected chi connectivity index (χ1v) is 6.76. The second-order valence-corrected chi connectivity index (χ2v) is 5.12. The summed E-state index contributed by atoms with van der Waals surface area (Å²) in [6, 6.07) is 10.9. The van der Waals surface area contributed by atoms with Crippen molar-refractivity contribution in [3.63, 3.8) is 0 Å². The Bertz CT molecular complexity index is 655. The predicted octanol–water partition coefficient (Wildman–Crippen LogP) is 4.34. The minimum absolute atomic E-state index is 0.0282. The zero-order valence-corrected chi connectivity index (χ0v) is 12.1. The van der Waals surface area contributed by atoms with E-state index in [1.807, 2.05) is 19.1 Å². The Balaban J connectivity index is 2.10. The molecule has 5 heteroatoms. The zero-order valence-electron chi connectivity index (χ0n) is 11.3. The zero-order chi connectivity index (χ0) is 15.4. The van der Waals surface area contributed by atoms with Crippen molar-refractivity contribution in [3.05, 3.63) is 69.7 Å². The number of hydrogen-bond donors (Lipinski definition) is 1. The third-order valence-electron chi connectivity index (χ3n) is 3.23. The average molecular weight is 307 g/mol. The molecule has 0 aliphatic carbocycles. The van der Waals surface area contributed by atoms with E-state index in [0.717, 1.165) is 17.7 Å². The molecule has 0 saturated carbocycles. The SMILES string of the molecule is CC(NCc1c(F)cc(C#N)cc1F)c1ccc(Cl)cc1. The summed E-state index contributed by atoms with van der Waals surface area (Å²) in [5.74, 6) is -1.44. The molecule has 2 rings (SSSR count). The topological polar surface area (TPSA) is 35.8 Å². The lowest BCUT2D eigenvalue weighted by atomic mass is 10.1. The van der Waals surface area contributed by atoms with Gasteiger partial charge in [-0.15, -0.1) is 0 Å². The highest BCUT2D eigenvalue weighted by molar-refractivity contribution is 6.30. The van der Waals surface area contributed by atoms with Crippen LogP contribution in [0.25, 0.3) is 0 Å². The van der Waals surface area contributed by atoms with E-state index < -0.39 is 11.6 Å². The Morgan fingerprint density at radius 1 is 1.19 bits per heavy atom. The van der Waals surface area contributed by atoms with Crippen LogP contribution in [-0.2, 0) is 6.54 Å². The van der Waals surface area contributed by atoms with Gasteiger partial charge in [-0.3, -0.25) is 0 Å². The fourth-order valence-electron chi connectivity index (χ4n) is 1.96. The summed E-state index contributed by atoms with van der Waals surface area (Å²) in [5.41, 5.74) is 0.864. The van der Waals surface area contributed by atoms with E-state index in [1.165, 1.54) is 0 Å². The van der Waals surface area contributed by atoms with Crippen molar-refractivity contribution < 1.29 is 8.78 Å². The lowest BCUT2D eigenvalue weighted by Crippen LogP contribution is -2.19. The van der Waals surface area contributed by atoms with Gasteiger partial charge in [0.1, 0.15) is 11.6 Å². The largest absolute Gasteiger partial charge is 0.306 e. The van der Waals surface area contributed by atoms with Crippen LogP contribution in [0.1, 0.15) is 29.7 Å². The lowest BCUT2D eigenvalue weighted by molar-refractivity contribution is 0.509. The molecule has 2 nitrogen and oxygen atoms in total. The number of nitriles is 1. The van der Waals surface area contributed by atoms with Crippen LogP contribution in [0.2, 0.25) is 5.02 Å². The summed E-state index contributed by atoms with van der Waals surface area (Å²) in [4.78, 5) is 0. The number of benzene rings is 2. The highest BCUT2D eigenvalue weighted by Crippen LogP contribution is 2.19. The molecule has 1 N–H and O–H groups in total. The second kappa shape index (κ2) is 6.66. The number of halogens is 3.